The zero-order valence-electron chi connectivity index (χ0n) is 16.4. The van der Waals surface area contributed by atoms with Crippen molar-refractivity contribution in [2.24, 2.45) is 0 Å². The number of nitrogens with zero attached hydrogens (tertiary/aromatic N) is 3. The van der Waals surface area contributed by atoms with Gasteiger partial charge in [-0.15, -0.1) is 17.8 Å². The highest BCUT2D eigenvalue weighted by Gasteiger charge is 2.32. The van der Waals surface area contributed by atoms with E-state index < -0.39 is 10.0 Å². The van der Waals surface area contributed by atoms with Gasteiger partial charge in [0, 0.05) is 48.8 Å². The molecule has 7 nitrogen and oxygen atoms in total. The number of benzene rings is 1. The van der Waals surface area contributed by atoms with Crippen molar-refractivity contribution in [3.8, 4) is 12.3 Å². The first-order valence-corrected chi connectivity index (χ1v) is 11.9. The summed E-state index contributed by atoms with van der Waals surface area (Å²) < 4.78 is 28.6. The number of pyridine rings is 1. The van der Waals surface area contributed by atoms with Crippen molar-refractivity contribution in [1.29, 1.82) is 0 Å². The lowest BCUT2D eigenvalue weighted by Crippen LogP contribution is -2.50. The normalized spacial score (nSPS) is 15.4. The van der Waals surface area contributed by atoms with E-state index in [0.717, 1.165) is 15.6 Å². The van der Waals surface area contributed by atoms with Gasteiger partial charge in [-0.1, -0.05) is 5.92 Å². The van der Waals surface area contributed by atoms with Crippen molar-refractivity contribution in [1.82, 2.24) is 19.2 Å². The fourth-order valence-electron chi connectivity index (χ4n) is 3.74. The van der Waals surface area contributed by atoms with Crippen molar-refractivity contribution < 1.29 is 13.2 Å². The molecule has 1 amide bonds. The van der Waals surface area contributed by atoms with Crippen LogP contribution in [-0.2, 0) is 10.0 Å². The SMILES string of the molecule is C#Cc1ccc2[nH]c(S(=O)(=O)N3CCN(C(=O)c4cc5ncccc5s4)CC3)cc2c1. The van der Waals surface area contributed by atoms with Gasteiger partial charge in [-0.05, 0) is 42.5 Å². The number of nitrogens with one attached hydrogen (secondary N) is 1. The number of rotatable bonds is 3. The summed E-state index contributed by atoms with van der Waals surface area (Å²) in [5.41, 5.74) is 2.20. The molecule has 0 spiro atoms. The van der Waals surface area contributed by atoms with Crippen LogP contribution in [-0.4, -0.2) is 59.7 Å². The maximum Gasteiger partial charge on any atom is 0.264 e. The van der Waals surface area contributed by atoms with E-state index in [1.54, 1.807) is 41.4 Å². The lowest BCUT2D eigenvalue weighted by Gasteiger charge is -2.33. The third kappa shape index (κ3) is 3.49. The molecule has 31 heavy (non-hydrogen) atoms. The molecule has 1 N–H and O–H groups in total. The minimum atomic E-state index is -3.70. The highest BCUT2D eigenvalue weighted by atomic mass is 32.2. The van der Waals surface area contributed by atoms with E-state index in [-0.39, 0.29) is 24.0 Å². The van der Waals surface area contributed by atoms with Crippen LogP contribution in [0.5, 0.6) is 0 Å². The Morgan fingerprint density at radius 2 is 1.94 bits per heavy atom. The van der Waals surface area contributed by atoms with Gasteiger partial charge in [-0.25, -0.2) is 8.42 Å². The Kier molecular flexibility index (Phi) is 4.78. The molecule has 0 bridgehead atoms. The maximum absolute atomic E-state index is 13.1. The molecule has 1 fully saturated rings. The van der Waals surface area contributed by atoms with Crippen LogP contribution < -0.4 is 0 Å². The number of hydrogen-bond donors (Lipinski definition) is 1. The van der Waals surface area contributed by atoms with Crippen LogP contribution >= 0.6 is 11.3 Å². The predicted molar refractivity (Wildman–Crippen MR) is 121 cm³/mol. The number of thiophene rings is 1. The number of sulfonamides is 1. The first-order valence-electron chi connectivity index (χ1n) is 9.69. The average molecular weight is 451 g/mol. The molecule has 4 aromatic rings. The topological polar surface area (TPSA) is 86.4 Å². The van der Waals surface area contributed by atoms with Gasteiger partial charge in [0.2, 0.25) is 0 Å². The number of H-pyrrole nitrogens is 1. The summed E-state index contributed by atoms with van der Waals surface area (Å²) in [7, 11) is -3.70. The highest BCUT2D eigenvalue weighted by molar-refractivity contribution is 7.89. The summed E-state index contributed by atoms with van der Waals surface area (Å²) in [6.07, 6.45) is 7.13. The van der Waals surface area contributed by atoms with E-state index in [2.05, 4.69) is 15.9 Å². The number of fused-ring (bicyclic) bond motifs is 2. The number of carbonyl (C=O) groups excluding carboxylic acids is 1. The van der Waals surface area contributed by atoms with Crippen LogP contribution in [0, 0.1) is 12.3 Å². The van der Waals surface area contributed by atoms with Crippen LogP contribution in [0.1, 0.15) is 15.2 Å². The van der Waals surface area contributed by atoms with E-state index in [1.165, 1.54) is 15.6 Å². The molecule has 156 valence electrons. The molecule has 4 heterocycles. The van der Waals surface area contributed by atoms with E-state index in [0.29, 0.717) is 29.0 Å². The van der Waals surface area contributed by atoms with Crippen molar-refractivity contribution in [2.75, 3.05) is 26.2 Å². The van der Waals surface area contributed by atoms with Crippen LogP contribution in [0.15, 0.2) is 53.7 Å². The third-order valence-electron chi connectivity index (χ3n) is 5.40. The molecular weight excluding hydrogens is 432 g/mol. The van der Waals surface area contributed by atoms with Crippen LogP contribution in [0.3, 0.4) is 0 Å². The molecule has 3 aromatic heterocycles. The van der Waals surface area contributed by atoms with Crippen molar-refractivity contribution in [2.45, 2.75) is 5.03 Å². The summed E-state index contributed by atoms with van der Waals surface area (Å²) in [6.45, 7) is 1.15. The minimum absolute atomic E-state index is 0.0903. The number of amides is 1. The Labute approximate surface area is 183 Å². The van der Waals surface area contributed by atoms with Crippen molar-refractivity contribution in [3.63, 3.8) is 0 Å². The number of aromatic nitrogens is 2. The largest absolute Gasteiger partial charge is 0.345 e. The quantitative estimate of drug-likeness (QED) is 0.486. The summed E-state index contributed by atoms with van der Waals surface area (Å²) in [6, 6.07) is 12.5. The van der Waals surface area contributed by atoms with Crippen molar-refractivity contribution >= 4 is 48.4 Å². The monoisotopic (exact) mass is 450 g/mol. The molecular formula is C22H18N4O3S2. The average Bonchev–Trinajstić information content (AvgIpc) is 3.42. The second-order valence-corrected chi connectivity index (χ2v) is 10.3. The molecule has 0 saturated carbocycles. The lowest BCUT2D eigenvalue weighted by atomic mass is 10.2. The van der Waals surface area contributed by atoms with Gasteiger partial charge in [-0.2, -0.15) is 4.31 Å². The van der Waals surface area contributed by atoms with Crippen LogP contribution in [0.25, 0.3) is 21.1 Å². The molecule has 0 aliphatic carbocycles. The number of terminal acetylenes is 1. The maximum atomic E-state index is 13.1. The van der Waals surface area contributed by atoms with Gasteiger partial charge < -0.3 is 9.88 Å². The number of hydrogen-bond acceptors (Lipinski definition) is 5. The standard InChI is InChI=1S/C22H18N4O3S2/c1-2-15-5-6-17-16(12-15)13-21(24-17)31(28,29)26-10-8-25(9-11-26)22(27)20-14-18-19(30-20)4-3-7-23-18/h1,3-7,12-14,24H,8-11H2. The second-order valence-electron chi connectivity index (χ2n) is 7.27. The smallest absolute Gasteiger partial charge is 0.264 e. The van der Waals surface area contributed by atoms with Crippen molar-refractivity contribution in [3.05, 3.63) is 59.1 Å². The fourth-order valence-corrected chi connectivity index (χ4v) is 6.16. The van der Waals surface area contributed by atoms with Gasteiger partial charge in [0.05, 0.1) is 15.1 Å². The molecule has 9 heteroatoms. The summed E-state index contributed by atoms with van der Waals surface area (Å²) >= 11 is 1.40. The Morgan fingerprint density at radius 1 is 1.13 bits per heavy atom. The van der Waals surface area contributed by atoms with Crippen LogP contribution in [0.2, 0.25) is 0 Å². The molecule has 1 aliphatic rings. The van der Waals surface area contributed by atoms with Gasteiger partial charge in [-0.3, -0.25) is 9.78 Å². The molecule has 0 atom stereocenters. The minimum Gasteiger partial charge on any atom is -0.345 e. The second kappa shape index (κ2) is 7.50. The first-order chi connectivity index (χ1) is 15.0. The van der Waals surface area contributed by atoms with Gasteiger partial charge in [0.15, 0.2) is 0 Å². The number of carbonyl (C=O) groups is 1. The molecule has 5 rings (SSSR count). The third-order valence-corrected chi connectivity index (χ3v) is 8.30. The Morgan fingerprint density at radius 3 is 2.68 bits per heavy atom. The van der Waals surface area contributed by atoms with Gasteiger partial charge in [0.1, 0.15) is 5.03 Å². The Bertz CT molecular complexity index is 1420. The summed E-state index contributed by atoms with van der Waals surface area (Å²) in [5, 5.41) is 0.883. The number of aromatic amines is 1. The zero-order chi connectivity index (χ0) is 21.6. The lowest BCUT2D eigenvalue weighted by molar-refractivity contribution is 0.0703. The zero-order valence-corrected chi connectivity index (χ0v) is 18.0. The Hall–Kier alpha value is -3.19. The fraction of sp³-hybridized carbons (Fsp3) is 0.182. The first kappa shape index (κ1) is 19.8. The molecule has 0 radical (unpaired) electrons. The van der Waals surface area contributed by atoms with Gasteiger partial charge in [0.25, 0.3) is 15.9 Å². The summed E-state index contributed by atoms with van der Waals surface area (Å²) in [5.74, 6) is 2.46. The molecule has 0 unspecified atom stereocenters. The van der Waals surface area contributed by atoms with E-state index in [4.69, 9.17) is 6.42 Å². The Balaban J connectivity index is 1.32. The van der Waals surface area contributed by atoms with Crippen LogP contribution in [0.4, 0.5) is 0 Å². The number of piperazine rings is 1. The van der Waals surface area contributed by atoms with E-state index in [1.807, 2.05) is 12.1 Å². The highest BCUT2D eigenvalue weighted by Crippen LogP contribution is 2.26. The summed E-state index contributed by atoms with van der Waals surface area (Å²) in [4.78, 5) is 22.5. The molecule has 1 aliphatic heterocycles. The van der Waals surface area contributed by atoms with Gasteiger partial charge >= 0.3 is 0 Å². The van der Waals surface area contributed by atoms with E-state index >= 15 is 0 Å². The van der Waals surface area contributed by atoms with E-state index in [9.17, 15) is 13.2 Å². The predicted octanol–water partition coefficient (Wildman–Crippen LogP) is 2.91. The molecule has 1 saturated heterocycles. The molecule has 1 aromatic carbocycles.